The average Bonchev–Trinajstić information content (AvgIpc) is 2.53. The molecular weight excluding hydrogens is 194 g/mol. The van der Waals surface area contributed by atoms with Crippen molar-refractivity contribution in [1.82, 2.24) is 9.71 Å². The third-order valence-electron chi connectivity index (χ3n) is 1.56. The fourth-order valence-corrected chi connectivity index (χ4v) is 1.92. The summed E-state index contributed by atoms with van der Waals surface area (Å²) in [6.07, 6.45) is 3.51. The largest absolute Gasteiger partial charge is 0.264 e. The normalized spacial score (nSPS) is 22.4. The molecule has 1 atom stereocenters. The minimum Gasteiger partial charge on any atom is -0.264 e. The van der Waals surface area contributed by atoms with Gasteiger partial charge in [-0.25, -0.2) is 4.72 Å². The van der Waals surface area contributed by atoms with Crippen molar-refractivity contribution in [2.24, 2.45) is 4.40 Å². The van der Waals surface area contributed by atoms with Gasteiger partial charge in [-0.2, -0.15) is 4.40 Å². The van der Waals surface area contributed by atoms with Crippen LogP contribution in [0.25, 0.3) is 0 Å². The van der Waals surface area contributed by atoms with Crippen molar-refractivity contribution in [3.8, 4) is 0 Å². The van der Waals surface area contributed by atoms with Gasteiger partial charge in [0.1, 0.15) is 5.17 Å². The second kappa shape index (κ2) is 3.43. The molecule has 0 aliphatic carbocycles. The first-order valence-electron chi connectivity index (χ1n) is 3.43. The van der Waals surface area contributed by atoms with E-state index in [1.165, 1.54) is 12.1 Å². The zero-order valence-electron chi connectivity index (χ0n) is 6.07. The van der Waals surface area contributed by atoms with Crippen molar-refractivity contribution in [2.75, 3.05) is 0 Å². The lowest BCUT2D eigenvalue weighted by Gasteiger charge is -2.06. The van der Waals surface area contributed by atoms with E-state index in [0.717, 1.165) is 5.56 Å². The maximum atomic E-state index is 5.85. The van der Waals surface area contributed by atoms with Crippen molar-refractivity contribution in [1.29, 1.82) is 0 Å². The first-order valence-corrected chi connectivity index (χ1v) is 4.58. The summed E-state index contributed by atoms with van der Waals surface area (Å²) in [7, 11) is 0. The summed E-state index contributed by atoms with van der Waals surface area (Å²) in [6.45, 7) is 0. The van der Waals surface area contributed by atoms with Crippen LogP contribution in [0.5, 0.6) is 0 Å². The molecule has 0 saturated carbocycles. The molecule has 1 unspecified atom stereocenters. The highest BCUT2D eigenvalue weighted by Crippen LogP contribution is 2.25. The Morgan fingerprint density at radius 1 is 1.58 bits per heavy atom. The highest BCUT2D eigenvalue weighted by Gasteiger charge is 2.21. The Morgan fingerprint density at radius 2 is 2.50 bits per heavy atom. The molecule has 0 spiro atoms. The van der Waals surface area contributed by atoms with Gasteiger partial charge in [-0.1, -0.05) is 17.7 Å². The van der Waals surface area contributed by atoms with E-state index >= 15 is 0 Å². The van der Waals surface area contributed by atoms with E-state index in [1.807, 2.05) is 12.1 Å². The minimum atomic E-state index is 0.00497. The van der Waals surface area contributed by atoms with Crippen molar-refractivity contribution < 1.29 is 0 Å². The zero-order chi connectivity index (χ0) is 8.39. The van der Waals surface area contributed by atoms with Crippen molar-refractivity contribution in [2.45, 2.75) is 6.04 Å². The number of halogens is 1. The summed E-state index contributed by atoms with van der Waals surface area (Å²) in [4.78, 5) is 4.00. The van der Waals surface area contributed by atoms with Crippen molar-refractivity contribution in [3.63, 3.8) is 0 Å². The van der Waals surface area contributed by atoms with Gasteiger partial charge in [-0.15, -0.1) is 0 Å². The van der Waals surface area contributed by atoms with Gasteiger partial charge in [0.15, 0.2) is 0 Å². The van der Waals surface area contributed by atoms with E-state index in [2.05, 4.69) is 14.1 Å². The summed E-state index contributed by atoms with van der Waals surface area (Å²) in [5, 5.41) is 0.577. The molecule has 0 bridgehead atoms. The first-order chi connectivity index (χ1) is 5.88. The summed E-state index contributed by atoms with van der Waals surface area (Å²) < 4.78 is 7.02. The maximum Gasteiger partial charge on any atom is 0.138 e. The molecule has 1 aliphatic heterocycles. The first kappa shape index (κ1) is 8.04. The van der Waals surface area contributed by atoms with Gasteiger partial charge in [0.2, 0.25) is 0 Å². The molecule has 3 nitrogen and oxygen atoms in total. The van der Waals surface area contributed by atoms with Gasteiger partial charge in [0.05, 0.1) is 18.2 Å². The summed E-state index contributed by atoms with van der Waals surface area (Å²) in [6, 6.07) is 3.85. The molecule has 0 radical (unpaired) electrons. The molecule has 0 aromatic carbocycles. The predicted octanol–water partition coefficient (Wildman–Crippen LogP) is 1.93. The molecule has 1 aromatic heterocycles. The van der Waals surface area contributed by atoms with Gasteiger partial charge in [-0.3, -0.25) is 4.98 Å². The van der Waals surface area contributed by atoms with E-state index in [0.29, 0.717) is 5.17 Å². The number of hydrogen-bond acceptors (Lipinski definition) is 4. The smallest absolute Gasteiger partial charge is 0.138 e. The Bertz CT molecular complexity index is 301. The molecule has 1 aliphatic rings. The number of nitrogens with one attached hydrogen (secondary N) is 1. The molecular formula is C7H6ClN3S. The molecule has 1 N–H and O–H groups in total. The topological polar surface area (TPSA) is 37.3 Å². The fourth-order valence-electron chi connectivity index (χ4n) is 0.976. The lowest BCUT2D eigenvalue weighted by Crippen LogP contribution is -2.14. The number of aromatic nitrogens is 1. The summed E-state index contributed by atoms with van der Waals surface area (Å²) in [5.74, 6) is 0. The average molecular weight is 200 g/mol. The zero-order valence-corrected chi connectivity index (χ0v) is 7.64. The molecule has 62 valence electrons. The highest BCUT2D eigenvalue weighted by molar-refractivity contribution is 7.96. The highest BCUT2D eigenvalue weighted by atomic mass is 35.5. The van der Waals surface area contributed by atoms with E-state index in [1.54, 1.807) is 12.4 Å². The molecule has 0 fully saturated rings. The number of nitrogens with zero attached hydrogens (tertiary/aromatic N) is 2. The second-order valence-corrected chi connectivity index (χ2v) is 3.33. The van der Waals surface area contributed by atoms with Crippen LogP contribution >= 0.6 is 23.7 Å². The predicted molar refractivity (Wildman–Crippen MR) is 51.0 cm³/mol. The number of hydrogen-bond donors (Lipinski definition) is 1. The molecule has 1 aromatic rings. The van der Waals surface area contributed by atoms with E-state index in [9.17, 15) is 0 Å². The van der Waals surface area contributed by atoms with E-state index in [4.69, 9.17) is 11.6 Å². The number of rotatable bonds is 1. The van der Waals surface area contributed by atoms with Crippen LogP contribution in [0.4, 0.5) is 0 Å². The SMILES string of the molecule is ClC1=NSNC1c1cccnc1. The fraction of sp³-hybridized carbons (Fsp3) is 0.143. The van der Waals surface area contributed by atoms with Crippen LogP contribution in [0.2, 0.25) is 0 Å². The van der Waals surface area contributed by atoms with Crippen LogP contribution in [0.15, 0.2) is 28.9 Å². The number of pyridine rings is 1. The van der Waals surface area contributed by atoms with Crippen molar-refractivity contribution in [3.05, 3.63) is 30.1 Å². The van der Waals surface area contributed by atoms with Crippen LogP contribution in [0.1, 0.15) is 11.6 Å². The molecule has 0 amide bonds. The Hall–Kier alpha value is -0.580. The van der Waals surface area contributed by atoms with E-state index in [-0.39, 0.29) is 6.04 Å². The van der Waals surface area contributed by atoms with Crippen LogP contribution in [-0.4, -0.2) is 10.2 Å². The Morgan fingerprint density at radius 3 is 3.08 bits per heavy atom. The molecule has 12 heavy (non-hydrogen) atoms. The Balaban J connectivity index is 2.27. The summed E-state index contributed by atoms with van der Waals surface area (Å²) >= 11 is 7.11. The minimum absolute atomic E-state index is 0.00497. The maximum absolute atomic E-state index is 5.85. The third kappa shape index (κ3) is 1.46. The molecule has 5 heteroatoms. The molecule has 2 rings (SSSR count). The summed E-state index contributed by atoms with van der Waals surface area (Å²) in [5.41, 5.74) is 1.04. The Labute approximate surface area is 79.5 Å². The second-order valence-electron chi connectivity index (χ2n) is 2.34. The van der Waals surface area contributed by atoms with Gasteiger partial charge in [0, 0.05) is 12.4 Å². The molecule has 2 heterocycles. The quantitative estimate of drug-likeness (QED) is 0.703. The lowest BCUT2D eigenvalue weighted by molar-refractivity contribution is 0.903. The van der Waals surface area contributed by atoms with E-state index < -0.39 is 0 Å². The van der Waals surface area contributed by atoms with Gasteiger partial charge < -0.3 is 0 Å². The lowest BCUT2D eigenvalue weighted by atomic mass is 10.1. The van der Waals surface area contributed by atoms with Crippen LogP contribution in [-0.2, 0) is 0 Å². The van der Waals surface area contributed by atoms with Gasteiger partial charge in [-0.05, 0) is 11.6 Å². The monoisotopic (exact) mass is 199 g/mol. The standard InChI is InChI=1S/C7H6ClN3S/c8-7-6(10-12-11-7)5-2-1-3-9-4-5/h1-4,6,10H. The van der Waals surface area contributed by atoms with Crippen LogP contribution in [0.3, 0.4) is 0 Å². The van der Waals surface area contributed by atoms with Gasteiger partial charge >= 0.3 is 0 Å². The van der Waals surface area contributed by atoms with Crippen molar-refractivity contribution >= 4 is 28.9 Å². The van der Waals surface area contributed by atoms with Crippen LogP contribution in [0, 0.1) is 0 Å². The third-order valence-corrected chi connectivity index (χ3v) is 2.59. The van der Waals surface area contributed by atoms with Crippen LogP contribution < -0.4 is 4.72 Å². The van der Waals surface area contributed by atoms with Gasteiger partial charge in [0.25, 0.3) is 0 Å². The Kier molecular flexibility index (Phi) is 2.30. The molecule has 0 saturated heterocycles.